The monoisotopic (exact) mass is 447 g/mol. The van der Waals surface area contributed by atoms with Crippen LogP contribution in [0.1, 0.15) is 48.9 Å². The molecule has 0 saturated heterocycles. The Kier molecular flexibility index (Phi) is 5.40. The maximum Gasteiger partial charge on any atom is 0.161 e. The third-order valence-electron chi connectivity index (χ3n) is 6.30. The van der Waals surface area contributed by atoms with Crippen LogP contribution in [0.5, 0.6) is 11.5 Å². The van der Waals surface area contributed by atoms with E-state index in [9.17, 15) is 9.18 Å². The van der Waals surface area contributed by atoms with Crippen molar-refractivity contribution in [3.8, 4) is 17.2 Å². The van der Waals surface area contributed by atoms with Crippen molar-refractivity contribution in [2.24, 2.45) is 0 Å². The molecule has 0 radical (unpaired) electrons. The van der Waals surface area contributed by atoms with E-state index in [1.165, 1.54) is 12.1 Å². The topological polar surface area (TPSA) is 65.4 Å². The molecule has 5 rings (SSSR count). The van der Waals surface area contributed by atoms with Gasteiger partial charge in [0, 0.05) is 29.2 Å². The van der Waals surface area contributed by atoms with Gasteiger partial charge in [0.1, 0.15) is 11.6 Å². The first-order valence-electron chi connectivity index (χ1n) is 11.2. The Bertz CT molecular complexity index is 1260. The van der Waals surface area contributed by atoms with Gasteiger partial charge >= 0.3 is 0 Å². The van der Waals surface area contributed by atoms with E-state index in [1.807, 2.05) is 32.0 Å². The molecule has 1 atom stereocenters. The Morgan fingerprint density at radius 2 is 1.94 bits per heavy atom. The number of benzene rings is 2. The van der Waals surface area contributed by atoms with E-state index in [0.29, 0.717) is 24.5 Å². The smallest absolute Gasteiger partial charge is 0.161 e. The van der Waals surface area contributed by atoms with Crippen molar-refractivity contribution >= 4 is 11.6 Å². The number of aryl methyl sites for hydroxylation is 1. The van der Waals surface area contributed by atoms with Crippen molar-refractivity contribution in [2.75, 3.05) is 19.0 Å². The van der Waals surface area contributed by atoms with Crippen LogP contribution >= 0.6 is 0 Å². The molecule has 0 fully saturated rings. The molecule has 0 bridgehead atoms. The van der Waals surface area contributed by atoms with E-state index < -0.39 is 0 Å². The molecule has 2 aromatic carbocycles. The van der Waals surface area contributed by atoms with E-state index in [4.69, 9.17) is 14.6 Å². The first-order valence-corrected chi connectivity index (χ1v) is 11.2. The zero-order valence-corrected chi connectivity index (χ0v) is 18.9. The van der Waals surface area contributed by atoms with Crippen LogP contribution < -0.4 is 14.8 Å². The van der Waals surface area contributed by atoms with Gasteiger partial charge in [-0.15, -0.1) is 0 Å². The summed E-state index contributed by atoms with van der Waals surface area (Å²) in [7, 11) is 1.61. The number of rotatable bonds is 5. The Morgan fingerprint density at radius 1 is 1.15 bits per heavy atom. The van der Waals surface area contributed by atoms with E-state index in [0.717, 1.165) is 52.4 Å². The largest absolute Gasteiger partial charge is 0.493 e. The number of aromatic nitrogens is 2. The number of methoxy groups -OCH3 is 1. The third kappa shape index (κ3) is 3.57. The highest BCUT2D eigenvalue weighted by molar-refractivity contribution is 6.01. The minimum Gasteiger partial charge on any atom is -0.493 e. The molecule has 2 aliphatic rings. The van der Waals surface area contributed by atoms with Crippen LogP contribution in [0.3, 0.4) is 0 Å². The van der Waals surface area contributed by atoms with Crippen LogP contribution in [0.25, 0.3) is 5.69 Å². The van der Waals surface area contributed by atoms with Crippen LogP contribution in [0.2, 0.25) is 0 Å². The first-order chi connectivity index (χ1) is 16.0. The van der Waals surface area contributed by atoms with Crippen molar-refractivity contribution in [3.05, 3.63) is 76.4 Å². The van der Waals surface area contributed by atoms with Gasteiger partial charge in [-0.1, -0.05) is 6.07 Å². The van der Waals surface area contributed by atoms with E-state index in [1.54, 1.807) is 23.9 Å². The number of hydrogen-bond donors (Lipinski definition) is 1. The second-order valence-electron chi connectivity index (χ2n) is 8.31. The van der Waals surface area contributed by atoms with Crippen molar-refractivity contribution in [3.63, 3.8) is 0 Å². The van der Waals surface area contributed by atoms with Gasteiger partial charge in [0.25, 0.3) is 0 Å². The van der Waals surface area contributed by atoms with Crippen LogP contribution in [-0.2, 0) is 4.79 Å². The van der Waals surface area contributed by atoms with Crippen LogP contribution in [0.15, 0.2) is 53.7 Å². The number of Topliss-reactive ketones (excluding diaryl/α,β-unsaturated/α-hetero) is 1. The second kappa shape index (κ2) is 8.39. The summed E-state index contributed by atoms with van der Waals surface area (Å²) in [5.41, 5.74) is 5.18. The predicted octanol–water partition coefficient (Wildman–Crippen LogP) is 5.29. The Morgan fingerprint density at radius 3 is 2.67 bits per heavy atom. The lowest BCUT2D eigenvalue weighted by Crippen LogP contribution is -2.27. The Hall–Kier alpha value is -3.61. The van der Waals surface area contributed by atoms with Gasteiger partial charge in [0.05, 0.1) is 25.1 Å². The minimum absolute atomic E-state index is 0.154. The summed E-state index contributed by atoms with van der Waals surface area (Å²) in [4.78, 5) is 13.1. The molecule has 1 aliphatic carbocycles. The fraction of sp³-hybridized carbons (Fsp3) is 0.308. The number of allylic oxidation sites excluding steroid dienone is 2. The van der Waals surface area contributed by atoms with Gasteiger partial charge < -0.3 is 14.8 Å². The molecule has 7 heteroatoms. The lowest BCUT2D eigenvalue weighted by molar-refractivity contribution is -0.116. The van der Waals surface area contributed by atoms with E-state index in [2.05, 4.69) is 5.32 Å². The lowest BCUT2D eigenvalue weighted by Gasteiger charge is -2.33. The molecule has 0 saturated carbocycles. The molecule has 0 spiro atoms. The summed E-state index contributed by atoms with van der Waals surface area (Å²) < 4.78 is 26.6. The van der Waals surface area contributed by atoms with Crippen LogP contribution in [0, 0.1) is 12.7 Å². The highest BCUT2D eigenvalue weighted by atomic mass is 19.1. The van der Waals surface area contributed by atoms with Gasteiger partial charge in [0.2, 0.25) is 0 Å². The number of halogens is 1. The molecule has 1 N–H and O–H groups in total. The summed E-state index contributed by atoms with van der Waals surface area (Å²) in [6.45, 7) is 4.40. The summed E-state index contributed by atoms with van der Waals surface area (Å²) in [5, 5.41) is 8.28. The highest BCUT2D eigenvalue weighted by Crippen LogP contribution is 2.48. The van der Waals surface area contributed by atoms with Gasteiger partial charge in [-0.25, -0.2) is 9.07 Å². The summed E-state index contributed by atoms with van der Waals surface area (Å²) in [5.74, 6) is 1.69. The van der Waals surface area contributed by atoms with Crippen LogP contribution in [0.4, 0.5) is 10.2 Å². The number of fused-ring (bicyclic) bond motifs is 1. The average Bonchev–Trinajstić information content (AvgIpc) is 3.15. The molecule has 1 aromatic heterocycles. The number of carbonyl (C=O) groups excluding carboxylic acids is 1. The number of carbonyl (C=O) groups is 1. The minimum atomic E-state index is -0.299. The molecular weight excluding hydrogens is 421 g/mol. The number of anilines is 1. The number of nitrogens with zero attached hydrogens (tertiary/aromatic N) is 2. The number of ketones is 1. The predicted molar refractivity (Wildman–Crippen MR) is 124 cm³/mol. The highest BCUT2D eigenvalue weighted by Gasteiger charge is 2.39. The van der Waals surface area contributed by atoms with Gasteiger partial charge in [-0.3, -0.25) is 4.79 Å². The number of nitrogens with one attached hydrogen (secondary N) is 1. The van der Waals surface area contributed by atoms with Gasteiger partial charge in [-0.05, 0) is 68.7 Å². The molecule has 0 amide bonds. The van der Waals surface area contributed by atoms with Crippen molar-refractivity contribution < 1.29 is 18.7 Å². The quantitative estimate of drug-likeness (QED) is 0.576. The average molecular weight is 448 g/mol. The van der Waals surface area contributed by atoms with E-state index in [-0.39, 0.29) is 17.5 Å². The van der Waals surface area contributed by atoms with Crippen molar-refractivity contribution in [2.45, 2.75) is 39.0 Å². The molecule has 3 aromatic rings. The fourth-order valence-corrected chi connectivity index (χ4v) is 4.86. The summed E-state index contributed by atoms with van der Waals surface area (Å²) >= 11 is 0. The molecule has 170 valence electrons. The molecule has 33 heavy (non-hydrogen) atoms. The standard InChI is InChI=1S/C26H26FN3O3/c1-4-33-21-13-8-16(14-22(21)32-3)24-23-15(2)29-30(18-11-9-17(27)10-12-18)26(23)28-19-6-5-7-20(31)25(19)24/h8-14,24,28H,4-7H2,1-3H3/t24-/m0/s1. The van der Waals surface area contributed by atoms with Gasteiger partial charge in [0.15, 0.2) is 17.3 Å². The summed E-state index contributed by atoms with van der Waals surface area (Å²) in [6, 6.07) is 12.1. The zero-order chi connectivity index (χ0) is 23.1. The lowest BCUT2D eigenvalue weighted by atomic mass is 9.76. The van der Waals surface area contributed by atoms with Crippen molar-refractivity contribution in [1.82, 2.24) is 9.78 Å². The SMILES string of the molecule is CCOc1ccc([C@@H]2C3=C(CCCC3=O)Nc3c2c(C)nn3-c2ccc(F)cc2)cc1OC. The van der Waals surface area contributed by atoms with Gasteiger partial charge in [-0.2, -0.15) is 5.10 Å². The first kappa shape index (κ1) is 21.2. The normalized spacial score (nSPS) is 17.3. The molecule has 2 heterocycles. The Balaban J connectivity index is 1.71. The van der Waals surface area contributed by atoms with Crippen LogP contribution in [-0.4, -0.2) is 29.3 Å². The van der Waals surface area contributed by atoms with E-state index >= 15 is 0 Å². The fourth-order valence-electron chi connectivity index (χ4n) is 4.86. The second-order valence-corrected chi connectivity index (χ2v) is 8.31. The maximum absolute atomic E-state index is 13.5. The molecular formula is C26H26FN3O3. The Labute approximate surface area is 192 Å². The zero-order valence-electron chi connectivity index (χ0n) is 18.9. The number of hydrogen-bond acceptors (Lipinski definition) is 5. The molecule has 0 unspecified atom stereocenters. The number of ether oxygens (including phenoxy) is 2. The molecule has 1 aliphatic heterocycles. The third-order valence-corrected chi connectivity index (χ3v) is 6.30. The summed E-state index contributed by atoms with van der Waals surface area (Å²) in [6.07, 6.45) is 2.13. The van der Waals surface area contributed by atoms with Crippen molar-refractivity contribution in [1.29, 1.82) is 0 Å². The maximum atomic E-state index is 13.5. The molecule has 6 nitrogen and oxygen atoms in total.